The topological polar surface area (TPSA) is 68.4 Å². The largest absolute Gasteiger partial charge is 0.488 e. The number of rotatable bonds is 5. The molecule has 0 unspecified atom stereocenters. The summed E-state index contributed by atoms with van der Waals surface area (Å²) >= 11 is 0. The van der Waals surface area contributed by atoms with Crippen LogP contribution in [0.15, 0.2) is 18.3 Å². The second-order valence-electron chi connectivity index (χ2n) is 6.22. The number of hydrogen-bond donors (Lipinski definition) is 1. The minimum atomic E-state index is -0.217. The number of pyridine rings is 1. The van der Waals surface area contributed by atoms with Crippen molar-refractivity contribution in [3.63, 3.8) is 0 Å². The number of likely N-dealkylation sites (tertiary alicyclic amines) is 1. The van der Waals surface area contributed by atoms with Crippen LogP contribution in [0.2, 0.25) is 0 Å². The molecule has 2 heterocycles. The molecule has 1 saturated carbocycles. The molecule has 1 aliphatic carbocycles. The Morgan fingerprint density at radius 2 is 2.33 bits per heavy atom. The highest BCUT2D eigenvalue weighted by Gasteiger charge is 2.43. The molecular formula is C16H23N3O2. The fourth-order valence-corrected chi connectivity index (χ4v) is 3.66. The zero-order chi connectivity index (χ0) is 14.8. The lowest BCUT2D eigenvalue weighted by Gasteiger charge is -2.22. The Hall–Kier alpha value is -1.62. The highest BCUT2D eigenvalue weighted by atomic mass is 16.5. The third-order valence-electron chi connectivity index (χ3n) is 4.78. The third kappa shape index (κ3) is 3.18. The lowest BCUT2D eigenvalue weighted by atomic mass is 9.99. The number of amides is 1. The predicted molar refractivity (Wildman–Crippen MR) is 79.9 cm³/mol. The quantitative estimate of drug-likeness (QED) is 0.888. The van der Waals surface area contributed by atoms with Crippen molar-refractivity contribution in [3.05, 3.63) is 24.0 Å². The zero-order valence-corrected chi connectivity index (χ0v) is 12.5. The molecule has 0 spiro atoms. The van der Waals surface area contributed by atoms with Crippen molar-refractivity contribution in [2.75, 3.05) is 19.6 Å². The van der Waals surface area contributed by atoms with Gasteiger partial charge in [0.1, 0.15) is 11.9 Å². The van der Waals surface area contributed by atoms with Gasteiger partial charge in [-0.1, -0.05) is 0 Å². The van der Waals surface area contributed by atoms with E-state index in [1.807, 2.05) is 19.1 Å². The normalized spacial score (nSPS) is 28.5. The average molecular weight is 289 g/mol. The lowest BCUT2D eigenvalue weighted by molar-refractivity contribution is -0.118. The Kier molecular flexibility index (Phi) is 4.10. The van der Waals surface area contributed by atoms with Crippen molar-refractivity contribution >= 4 is 5.91 Å². The van der Waals surface area contributed by atoms with Crippen molar-refractivity contribution in [1.29, 1.82) is 0 Å². The molecule has 3 atom stereocenters. The minimum Gasteiger partial charge on any atom is -0.488 e. The van der Waals surface area contributed by atoms with Gasteiger partial charge in [0.2, 0.25) is 5.91 Å². The lowest BCUT2D eigenvalue weighted by Crippen LogP contribution is -2.30. The third-order valence-corrected chi connectivity index (χ3v) is 4.78. The summed E-state index contributed by atoms with van der Waals surface area (Å²) in [5.41, 5.74) is 6.18. The summed E-state index contributed by atoms with van der Waals surface area (Å²) in [6.45, 7) is 4.85. The average Bonchev–Trinajstić information content (AvgIpc) is 3.00. The molecule has 0 radical (unpaired) electrons. The maximum Gasteiger partial charge on any atom is 0.218 e. The molecule has 2 aliphatic rings. The number of nitrogens with zero attached hydrogens (tertiary/aromatic N) is 2. The molecule has 1 aliphatic heterocycles. The van der Waals surface area contributed by atoms with Gasteiger partial charge in [-0.2, -0.15) is 0 Å². The number of aryl methyl sites for hydroxylation is 1. The van der Waals surface area contributed by atoms with Crippen LogP contribution in [0.25, 0.3) is 0 Å². The summed E-state index contributed by atoms with van der Waals surface area (Å²) in [6.07, 6.45) is 4.85. The van der Waals surface area contributed by atoms with E-state index in [-0.39, 0.29) is 12.0 Å². The summed E-state index contributed by atoms with van der Waals surface area (Å²) in [6, 6.07) is 3.91. The van der Waals surface area contributed by atoms with E-state index in [2.05, 4.69) is 9.88 Å². The molecule has 1 saturated heterocycles. The maximum atomic E-state index is 10.9. The molecule has 3 rings (SSSR count). The first-order chi connectivity index (χ1) is 10.1. The molecule has 0 bridgehead atoms. The molecule has 5 heteroatoms. The highest BCUT2D eigenvalue weighted by molar-refractivity contribution is 5.73. The molecule has 1 aromatic heterocycles. The molecule has 2 fully saturated rings. The van der Waals surface area contributed by atoms with Crippen molar-refractivity contribution in [3.8, 4) is 5.75 Å². The van der Waals surface area contributed by atoms with Gasteiger partial charge in [0.05, 0.1) is 5.69 Å². The predicted octanol–water partition coefficient (Wildman–Crippen LogP) is 1.35. The van der Waals surface area contributed by atoms with Crippen molar-refractivity contribution in [2.45, 2.75) is 32.3 Å². The SMILES string of the molecule is Cc1ncccc1O[C@@H]1CC[C@@H]2CN(CCC(N)=O)C[C@@H]21. The number of primary amides is 1. The number of hydrogen-bond acceptors (Lipinski definition) is 4. The van der Waals surface area contributed by atoms with Crippen LogP contribution in [0.4, 0.5) is 0 Å². The van der Waals surface area contributed by atoms with E-state index in [0.717, 1.165) is 37.5 Å². The second kappa shape index (κ2) is 6.02. The van der Waals surface area contributed by atoms with Gasteiger partial charge in [0, 0.05) is 38.2 Å². The summed E-state index contributed by atoms with van der Waals surface area (Å²) in [5.74, 6) is 1.95. The Morgan fingerprint density at radius 1 is 1.48 bits per heavy atom. The number of fused-ring (bicyclic) bond motifs is 1. The molecule has 21 heavy (non-hydrogen) atoms. The van der Waals surface area contributed by atoms with Gasteiger partial charge in [-0.05, 0) is 37.8 Å². The van der Waals surface area contributed by atoms with Gasteiger partial charge in [-0.25, -0.2) is 0 Å². The van der Waals surface area contributed by atoms with E-state index in [1.54, 1.807) is 6.20 Å². The van der Waals surface area contributed by atoms with Crippen LogP contribution in [0.1, 0.15) is 25.0 Å². The minimum absolute atomic E-state index is 0.217. The molecule has 2 N–H and O–H groups in total. The van der Waals surface area contributed by atoms with Crippen molar-refractivity contribution in [1.82, 2.24) is 9.88 Å². The first-order valence-electron chi connectivity index (χ1n) is 7.72. The van der Waals surface area contributed by atoms with E-state index in [9.17, 15) is 4.79 Å². The van der Waals surface area contributed by atoms with Crippen LogP contribution in [0, 0.1) is 18.8 Å². The zero-order valence-electron chi connectivity index (χ0n) is 12.5. The van der Waals surface area contributed by atoms with Gasteiger partial charge in [-0.15, -0.1) is 0 Å². The van der Waals surface area contributed by atoms with E-state index >= 15 is 0 Å². The maximum absolute atomic E-state index is 10.9. The standard InChI is InChI=1S/C16H23N3O2/c1-11-14(3-2-7-18-11)21-15-5-4-12-9-19(10-13(12)15)8-6-16(17)20/h2-3,7,12-13,15H,4-6,8-10H2,1H3,(H2,17,20)/t12-,13+,15-/m1/s1. The molecule has 1 aromatic rings. The van der Waals surface area contributed by atoms with Crippen molar-refractivity contribution in [2.24, 2.45) is 17.6 Å². The number of aromatic nitrogens is 1. The van der Waals surface area contributed by atoms with Gasteiger partial charge in [0.15, 0.2) is 0 Å². The van der Waals surface area contributed by atoms with Crippen LogP contribution in [-0.2, 0) is 4.79 Å². The Balaban J connectivity index is 1.59. The summed E-state index contributed by atoms with van der Waals surface area (Å²) in [4.78, 5) is 17.5. The smallest absolute Gasteiger partial charge is 0.218 e. The van der Waals surface area contributed by atoms with E-state index in [0.29, 0.717) is 18.3 Å². The Bertz CT molecular complexity index is 520. The van der Waals surface area contributed by atoms with Crippen LogP contribution in [-0.4, -0.2) is 41.5 Å². The van der Waals surface area contributed by atoms with Crippen LogP contribution >= 0.6 is 0 Å². The van der Waals surface area contributed by atoms with Crippen molar-refractivity contribution < 1.29 is 9.53 Å². The summed E-state index contributed by atoms with van der Waals surface area (Å²) < 4.78 is 6.21. The van der Waals surface area contributed by atoms with E-state index in [1.165, 1.54) is 6.42 Å². The summed E-state index contributed by atoms with van der Waals surface area (Å²) in [7, 11) is 0. The van der Waals surface area contributed by atoms with Crippen LogP contribution in [0.5, 0.6) is 5.75 Å². The fourth-order valence-electron chi connectivity index (χ4n) is 3.66. The Labute approximate surface area is 125 Å². The monoisotopic (exact) mass is 289 g/mol. The first kappa shape index (κ1) is 14.3. The molecule has 114 valence electrons. The van der Waals surface area contributed by atoms with E-state index < -0.39 is 0 Å². The first-order valence-corrected chi connectivity index (χ1v) is 7.72. The van der Waals surface area contributed by atoms with E-state index in [4.69, 9.17) is 10.5 Å². The second-order valence-corrected chi connectivity index (χ2v) is 6.22. The summed E-state index contributed by atoms with van der Waals surface area (Å²) in [5, 5.41) is 0. The molecule has 5 nitrogen and oxygen atoms in total. The van der Waals surface area contributed by atoms with Gasteiger partial charge in [0.25, 0.3) is 0 Å². The number of carbonyl (C=O) groups is 1. The van der Waals surface area contributed by atoms with Gasteiger partial charge >= 0.3 is 0 Å². The van der Waals surface area contributed by atoms with Crippen LogP contribution in [0.3, 0.4) is 0 Å². The number of carbonyl (C=O) groups excluding carboxylic acids is 1. The number of nitrogens with two attached hydrogens (primary N) is 1. The molecular weight excluding hydrogens is 266 g/mol. The Morgan fingerprint density at radius 3 is 3.10 bits per heavy atom. The molecule has 1 amide bonds. The van der Waals surface area contributed by atoms with Crippen LogP contribution < -0.4 is 10.5 Å². The highest BCUT2D eigenvalue weighted by Crippen LogP contribution is 2.40. The van der Waals surface area contributed by atoms with Gasteiger partial charge < -0.3 is 15.4 Å². The van der Waals surface area contributed by atoms with Gasteiger partial charge in [-0.3, -0.25) is 9.78 Å². The molecule has 0 aromatic carbocycles. The fraction of sp³-hybridized carbons (Fsp3) is 0.625. The number of ether oxygens (including phenoxy) is 1.